The number of esters is 1. The topological polar surface area (TPSA) is 55.4 Å². The summed E-state index contributed by atoms with van der Waals surface area (Å²) in [5.74, 6) is -0.891. The van der Waals surface area contributed by atoms with Gasteiger partial charge in [0.25, 0.3) is 0 Å². The normalized spacial score (nSPS) is 11.8. The van der Waals surface area contributed by atoms with Crippen LogP contribution in [0.4, 0.5) is 0 Å². The lowest BCUT2D eigenvalue weighted by atomic mass is 10.0. The van der Waals surface area contributed by atoms with Gasteiger partial charge in [-0.05, 0) is 23.1 Å². The second-order valence-electron chi connectivity index (χ2n) is 5.48. The molecule has 0 heterocycles. The number of carbonyl (C=O) groups is 2. The third-order valence-electron chi connectivity index (χ3n) is 3.53. The molecule has 0 aliphatic heterocycles. The number of methoxy groups -OCH3 is 1. The van der Waals surface area contributed by atoms with E-state index in [1.165, 1.54) is 14.0 Å². The average molecular weight is 335 g/mol. The number of allylic oxidation sites excluding steroid dienone is 2. The van der Waals surface area contributed by atoms with Crippen LogP contribution in [0.5, 0.6) is 0 Å². The summed E-state index contributed by atoms with van der Waals surface area (Å²) in [4.78, 5) is 23.7. The van der Waals surface area contributed by atoms with Crippen molar-refractivity contribution in [1.29, 1.82) is 0 Å². The first kappa shape index (κ1) is 18.2. The molecule has 4 nitrogen and oxygen atoms in total. The highest BCUT2D eigenvalue weighted by Gasteiger charge is 2.16. The molecule has 0 saturated carbocycles. The molecule has 0 bridgehead atoms. The van der Waals surface area contributed by atoms with Crippen LogP contribution in [0, 0.1) is 0 Å². The quantitative estimate of drug-likeness (QED) is 0.499. The number of hydrogen-bond donors (Lipinski definition) is 1. The molecule has 4 heteroatoms. The maximum Gasteiger partial charge on any atom is 0.354 e. The van der Waals surface area contributed by atoms with E-state index in [0.717, 1.165) is 11.1 Å². The number of nitrogens with one attached hydrogen (secondary N) is 1. The van der Waals surface area contributed by atoms with E-state index in [-0.39, 0.29) is 11.6 Å². The minimum absolute atomic E-state index is 0.158. The van der Waals surface area contributed by atoms with Gasteiger partial charge < -0.3 is 10.1 Å². The van der Waals surface area contributed by atoms with Crippen LogP contribution in [-0.2, 0) is 20.7 Å². The van der Waals surface area contributed by atoms with Gasteiger partial charge in [0.1, 0.15) is 5.70 Å². The van der Waals surface area contributed by atoms with Gasteiger partial charge in [0, 0.05) is 6.92 Å². The Morgan fingerprint density at radius 1 is 1.00 bits per heavy atom. The second-order valence-corrected chi connectivity index (χ2v) is 5.48. The summed E-state index contributed by atoms with van der Waals surface area (Å²) in [5.41, 5.74) is 2.87. The van der Waals surface area contributed by atoms with Gasteiger partial charge in [-0.25, -0.2) is 4.79 Å². The Labute approximate surface area is 147 Å². The fourth-order valence-electron chi connectivity index (χ4n) is 2.35. The van der Waals surface area contributed by atoms with Crippen molar-refractivity contribution in [2.75, 3.05) is 7.11 Å². The number of hydrogen-bond acceptors (Lipinski definition) is 3. The Morgan fingerprint density at radius 3 is 2.16 bits per heavy atom. The van der Waals surface area contributed by atoms with Crippen molar-refractivity contribution in [2.45, 2.75) is 13.3 Å². The van der Waals surface area contributed by atoms with Gasteiger partial charge in [0.05, 0.1) is 7.11 Å². The summed E-state index contributed by atoms with van der Waals surface area (Å²) in [6.45, 7) is 1.37. The van der Waals surface area contributed by atoms with E-state index in [0.29, 0.717) is 12.0 Å². The molecule has 2 aromatic carbocycles. The van der Waals surface area contributed by atoms with Gasteiger partial charge in [0.15, 0.2) is 0 Å². The molecule has 0 radical (unpaired) electrons. The van der Waals surface area contributed by atoms with Crippen LogP contribution in [0.25, 0.3) is 6.08 Å². The third-order valence-corrected chi connectivity index (χ3v) is 3.53. The SMILES string of the molecule is COC(=O)/C(NC(C)=O)=C(\C=C\c1ccccc1)Cc1ccccc1. The lowest BCUT2D eigenvalue weighted by Gasteiger charge is -2.12. The van der Waals surface area contributed by atoms with Gasteiger partial charge in [-0.15, -0.1) is 0 Å². The van der Waals surface area contributed by atoms with Crippen LogP contribution in [0.15, 0.2) is 78.0 Å². The molecule has 0 saturated heterocycles. The Kier molecular flexibility index (Phi) is 6.72. The number of rotatable bonds is 6. The molecule has 128 valence electrons. The van der Waals surface area contributed by atoms with Crippen LogP contribution in [-0.4, -0.2) is 19.0 Å². The van der Waals surface area contributed by atoms with Crippen molar-refractivity contribution in [3.05, 3.63) is 89.1 Å². The molecule has 2 rings (SSSR count). The maximum atomic E-state index is 12.2. The molecular formula is C21H21NO3. The van der Waals surface area contributed by atoms with Crippen molar-refractivity contribution in [3.63, 3.8) is 0 Å². The average Bonchev–Trinajstić information content (AvgIpc) is 2.64. The molecule has 0 unspecified atom stereocenters. The lowest BCUT2D eigenvalue weighted by Crippen LogP contribution is -2.27. The first-order chi connectivity index (χ1) is 12.1. The van der Waals surface area contributed by atoms with E-state index in [4.69, 9.17) is 4.74 Å². The first-order valence-electron chi connectivity index (χ1n) is 7.96. The third kappa shape index (κ3) is 5.77. The van der Waals surface area contributed by atoms with E-state index < -0.39 is 5.97 Å². The summed E-state index contributed by atoms with van der Waals surface area (Å²) in [6.07, 6.45) is 4.24. The molecule has 1 amide bonds. The lowest BCUT2D eigenvalue weighted by molar-refractivity contribution is -0.137. The van der Waals surface area contributed by atoms with E-state index in [1.54, 1.807) is 0 Å². The van der Waals surface area contributed by atoms with Gasteiger partial charge in [-0.2, -0.15) is 0 Å². The Hall–Kier alpha value is -3.14. The minimum atomic E-state index is -0.571. The molecule has 0 fully saturated rings. The van der Waals surface area contributed by atoms with Crippen molar-refractivity contribution in [2.24, 2.45) is 0 Å². The second kappa shape index (κ2) is 9.23. The Balaban J connectivity index is 2.44. The van der Waals surface area contributed by atoms with E-state index in [9.17, 15) is 9.59 Å². The summed E-state index contributed by atoms with van der Waals surface area (Å²) >= 11 is 0. The molecule has 25 heavy (non-hydrogen) atoms. The zero-order valence-electron chi connectivity index (χ0n) is 14.4. The number of benzene rings is 2. The zero-order valence-corrected chi connectivity index (χ0v) is 14.4. The molecular weight excluding hydrogens is 314 g/mol. The standard InChI is InChI=1S/C21H21NO3/c1-16(23)22-20(21(24)25-2)19(15-18-11-7-4-8-12-18)14-13-17-9-5-3-6-10-17/h3-14H,15H2,1-2H3,(H,22,23)/b14-13+,20-19-. The summed E-state index contributed by atoms with van der Waals surface area (Å²) in [6, 6.07) is 19.5. The Morgan fingerprint density at radius 2 is 1.60 bits per heavy atom. The van der Waals surface area contributed by atoms with Crippen LogP contribution < -0.4 is 5.32 Å². The van der Waals surface area contributed by atoms with Gasteiger partial charge >= 0.3 is 5.97 Å². The highest BCUT2D eigenvalue weighted by Crippen LogP contribution is 2.16. The highest BCUT2D eigenvalue weighted by molar-refractivity contribution is 5.94. The van der Waals surface area contributed by atoms with Crippen molar-refractivity contribution >= 4 is 18.0 Å². The van der Waals surface area contributed by atoms with Crippen LogP contribution >= 0.6 is 0 Å². The first-order valence-corrected chi connectivity index (χ1v) is 7.96. The van der Waals surface area contributed by atoms with Gasteiger partial charge in [-0.3, -0.25) is 4.79 Å². The molecule has 0 aliphatic rings. The predicted molar refractivity (Wildman–Crippen MR) is 98.5 cm³/mol. The molecule has 1 N–H and O–H groups in total. The van der Waals surface area contributed by atoms with Crippen LogP contribution in [0.1, 0.15) is 18.1 Å². The van der Waals surface area contributed by atoms with Crippen molar-refractivity contribution in [3.8, 4) is 0 Å². The molecule has 0 aromatic heterocycles. The predicted octanol–water partition coefficient (Wildman–Crippen LogP) is 3.51. The van der Waals surface area contributed by atoms with Crippen LogP contribution in [0.3, 0.4) is 0 Å². The number of ether oxygens (including phenoxy) is 1. The summed E-state index contributed by atoms with van der Waals surface area (Å²) in [5, 5.41) is 2.60. The maximum absolute atomic E-state index is 12.2. The van der Waals surface area contributed by atoms with Crippen molar-refractivity contribution in [1.82, 2.24) is 5.32 Å². The fraction of sp³-hybridized carbons (Fsp3) is 0.143. The van der Waals surface area contributed by atoms with E-state index in [1.807, 2.05) is 72.8 Å². The number of amides is 1. The molecule has 0 atom stereocenters. The highest BCUT2D eigenvalue weighted by atomic mass is 16.5. The molecule has 2 aromatic rings. The van der Waals surface area contributed by atoms with E-state index in [2.05, 4.69) is 5.32 Å². The van der Waals surface area contributed by atoms with Crippen molar-refractivity contribution < 1.29 is 14.3 Å². The zero-order chi connectivity index (χ0) is 18.1. The largest absolute Gasteiger partial charge is 0.464 e. The van der Waals surface area contributed by atoms with Crippen LogP contribution in [0.2, 0.25) is 0 Å². The molecule has 0 aliphatic carbocycles. The van der Waals surface area contributed by atoms with Gasteiger partial charge in [-0.1, -0.05) is 72.8 Å². The number of carbonyl (C=O) groups excluding carboxylic acids is 2. The monoisotopic (exact) mass is 335 g/mol. The smallest absolute Gasteiger partial charge is 0.354 e. The van der Waals surface area contributed by atoms with Gasteiger partial charge in [0.2, 0.25) is 5.91 Å². The molecule has 0 spiro atoms. The summed E-state index contributed by atoms with van der Waals surface area (Å²) < 4.78 is 4.84. The Bertz CT molecular complexity index is 777. The minimum Gasteiger partial charge on any atom is -0.464 e. The fourth-order valence-corrected chi connectivity index (χ4v) is 2.35. The van der Waals surface area contributed by atoms with E-state index >= 15 is 0 Å². The summed E-state index contributed by atoms with van der Waals surface area (Å²) in [7, 11) is 1.30.